The predicted molar refractivity (Wildman–Crippen MR) is 93.5 cm³/mol. The Hall–Kier alpha value is -1.99. The molecule has 0 fully saturated rings. The maximum Gasteiger partial charge on any atom is 0.184 e. The van der Waals surface area contributed by atoms with E-state index in [-0.39, 0.29) is 10.6 Å². The summed E-state index contributed by atoms with van der Waals surface area (Å²) in [6.45, 7) is 0. The van der Waals surface area contributed by atoms with Gasteiger partial charge in [-0.1, -0.05) is 30.3 Å². The highest BCUT2D eigenvalue weighted by molar-refractivity contribution is 8.40. The number of sulfone groups is 1. The lowest BCUT2D eigenvalue weighted by molar-refractivity contribution is 0.598. The van der Waals surface area contributed by atoms with Gasteiger partial charge in [0.05, 0.1) is 15.5 Å². The number of thiol groups is 1. The van der Waals surface area contributed by atoms with Crippen molar-refractivity contribution in [2.75, 3.05) is 5.75 Å². The predicted octanol–water partition coefficient (Wildman–Crippen LogP) is 3.16. The molecule has 1 atom stereocenters. The van der Waals surface area contributed by atoms with E-state index < -0.39 is 26.5 Å². The number of benzene rings is 2. The van der Waals surface area contributed by atoms with Crippen molar-refractivity contribution in [3.05, 3.63) is 66.0 Å². The quantitative estimate of drug-likeness (QED) is 0.665. The van der Waals surface area contributed by atoms with Crippen LogP contribution < -0.4 is 0 Å². The molecule has 1 aliphatic rings. The zero-order chi connectivity index (χ0) is 16.3. The van der Waals surface area contributed by atoms with Gasteiger partial charge in [0.25, 0.3) is 0 Å². The van der Waals surface area contributed by atoms with E-state index in [1.807, 2.05) is 30.3 Å². The second-order valence-corrected chi connectivity index (χ2v) is 9.07. The van der Waals surface area contributed by atoms with Crippen LogP contribution in [-0.4, -0.2) is 24.8 Å². The maximum absolute atomic E-state index is 12.9. The summed E-state index contributed by atoms with van der Waals surface area (Å²) < 4.78 is 37.8. The number of hydrogen-bond donors (Lipinski definition) is 1. The average Bonchev–Trinajstić information content (AvgIpc) is 2.95. The molecular formula is C16H15FN2O2S2. The fourth-order valence-electron chi connectivity index (χ4n) is 2.20. The Balaban J connectivity index is 1.75. The molecule has 3 rings (SSSR count). The SMILES string of the molecule is O=S(=O)(CC1=NN=C[SH]1Cc1ccccc1)c1ccc(F)cc1. The van der Waals surface area contributed by atoms with E-state index in [1.165, 1.54) is 12.1 Å². The van der Waals surface area contributed by atoms with Crippen molar-refractivity contribution in [1.29, 1.82) is 0 Å². The Labute approximate surface area is 137 Å². The van der Waals surface area contributed by atoms with Gasteiger partial charge in [-0.2, -0.15) is 16.0 Å². The Morgan fingerprint density at radius 2 is 1.70 bits per heavy atom. The Kier molecular flexibility index (Phi) is 4.58. The molecule has 1 heterocycles. The number of halogens is 1. The monoisotopic (exact) mass is 350 g/mol. The maximum atomic E-state index is 12.9. The van der Waals surface area contributed by atoms with Gasteiger partial charge in [-0.05, 0) is 29.8 Å². The van der Waals surface area contributed by atoms with Crippen molar-refractivity contribution in [3.63, 3.8) is 0 Å². The third-order valence-corrected chi connectivity index (χ3v) is 7.24. The van der Waals surface area contributed by atoms with Crippen molar-refractivity contribution < 1.29 is 12.8 Å². The minimum atomic E-state index is -3.55. The third kappa shape index (κ3) is 3.86. The van der Waals surface area contributed by atoms with Crippen molar-refractivity contribution in [2.24, 2.45) is 10.2 Å². The minimum Gasteiger partial charge on any atom is -0.223 e. The fourth-order valence-corrected chi connectivity index (χ4v) is 5.83. The van der Waals surface area contributed by atoms with Crippen LogP contribution in [0.4, 0.5) is 4.39 Å². The summed E-state index contributed by atoms with van der Waals surface area (Å²) in [4.78, 5) is 0.100. The largest absolute Gasteiger partial charge is 0.223 e. The van der Waals surface area contributed by atoms with Crippen LogP contribution in [0.5, 0.6) is 0 Å². The molecule has 0 aromatic heterocycles. The summed E-state index contributed by atoms with van der Waals surface area (Å²) in [7, 11) is -4.39. The highest BCUT2D eigenvalue weighted by Gasteiger charge is 2.24. The van der Waals surface area contributed by atoms with Crippen LogP contribution >= 0.6 is 10.9 Å². The van der Waals surface area contributed by atoms with Crippen LogP contribution in [0.2, 0.25) is 0 Å². The number of hydrogen-bond acceptors (Lipinski definition) is 4. The second-order valence-electron chi connectivity index (χ2n) is 5.07. The zero-order valence-corrected chi connectivity index (χ0v) is 13.8. The van der Waals surface area contributed by atoms with E-state index in [1.54, 1.807) is 5.55 Å². The molecule has 0 amide bonds. The molecule has 7 heteroatoms. The normalized spacial score (nSPS) is 18.8. The van der Waals surface area contributed by atoms with Crippen LogP contribution in [0.25, 0.3) is 0 Å². The average molecular weight is 350 g/mol. The standard InChI is InChI=1S/C16H15FN2O2S2/c17-14-6-8-15(9-7-14)23(20,21)11-16-19-18-12-22(16)10-13-4-2-1-3-5-13/h1-9,12,22H,10-11H2. The molecule has 2 aromatic carbocycles. The highest BCUT2D eigenvalue weighted by Crippen LogP contribution is 2.34. The fraction of sp³-hybridized carbons (Fsp3) is 0.125. The summed E-state index contributed by atoms with van der Waals surface area (Å²) in [5, 5.41) is 8.48. The Morgan fingerprint density at radius 3 is 2.39 bits per heavy atom. The van der Waals surface area contributed by atoms with E-state index in [4.69, 9.17) is 0 Å². The first-order chi connectivity index (χ1) is 11.0. The molecule has 23 heavy (non-hydrogen) atoms. The molecule has 0 N–H and O–H groups in total. The van der Waals surface area contributed by atoms with E-state index in [0.29, 0.717) is 5.04 Å². The second kappa shape index (κ2) is 6.64. The molecule has 0 spiro atoms. The van der Waals surface area contributed by atoms with Crippen LogP contribution in [0.15, 0.2) is 69.7 Å². The van der Waals surface area contributed by atoms with Gasteiger partial charge >= 0.3 is 0 Å². The van der Waals surface area contributed by atoms with Crippen LogP contribution in [0, 0.1) is 5.82 Å². The summed E-state index contributed by atoms with van der Waals surface area (Å²) in [5.41, 5.74) is 2.86. The molecule has 120 valence electrons. The highest BCUT2D eigenvalue weighted by atomic mass is 32.2. The van der Waals surface area contributed by atoms with Crippen molar-refractivity contribution in [3.8, 4) is 0 Å². The molecular weight excluding hydrogens is 335 g/mol. The first kappa shape index (κ1) is 15.9. The van der Waals surface area contributed by atoms with Gasteiger partial charge < -0.3 is 0 Å². The van der Waals surface area contributed by atoms with E-state index in [0.717, 1.165) is 23.4 Å². The topological polar surface area (TPSA) is 58.9 Å². The van der Waals surface area contributed by atoms with E-state index >= 15 is 0 Å². The van der Waals surface area contributed by atoms with Crippen molar-refractivity contribution >= 4 is 31.3 Å². The van der Waals surface area contributed by atoms with Crippen LogP contribution in [0.3, 0.4) is 0 Å². The molecule has 2 aromatic rings. The Bertz CT molecular complexity index is 847. The molecule has 1 aliphatic heterocycles. The molecule has 0 radical (unpaired) electrons. The minimum absolute atomic E-state index is 0.100. The molecule has 0 saturated carbocycles. The molecule has 0 aliphatic carbocycles. The van der Waals surface area contributed by atoms with Gasteiger partial charge in [-0.25, -0.2) is 12.8 Å². The van der Waals surface area contributed by atoms with E-state index in [2.05, 4.69) is 10.2 Å². The summed E-state index contributed by atoms with van der Waals surface area (Å²) in [5.74, 6) is 0.0750. The Morgan fingerprint density at radius 1 is 1.00 bits per heavy atom. The van der Waals surface area contributed by atoms with Crippen molar-refractivity contribution in [1.82, 2.24) is 0 Å². The van der Waals surface area contributed by atoms with Gasteiger partial charge in [0, 0.05) is 5.75 Å². The van der Waals surface area contributed by atoms with Gasteiger partial charge in [0.1, 0.15) is 11.6 Å². The molecule has 0 saturated heterocycles. The van der Waals surface area contributed by atoms with Crippen molar-refractivity contribution in [2.45, 2.75) is 10.6 Å². The lowest BCUT2D eigenvalue weighted by Crippen LogP contribution is -2.16. The first-order valence-electron chi connectivity index (χ1n) is 6.93. The lowest BCUT2D eigenvalue weighted by Gasteiger charge is -2.15. The zero-order valence-electron chi connectivity index (χ0n) is 12.1. The smallest absolute Gasteiger partial charge is 0.184 e. The third-order valence-electron chi connectivity index (χ3n) is 3.38. The van der Waals surface area contributed by atoms with Crippen LogP contribution in [-0.2, 0) is 15.6 Å². The molecule has 4 nitrogen and oxygen atoms in total. The van der Waals surface area contributed by atoms with E-state index in [9.17, 15) is 12.8 Å². The van der Waals surface area contributed by atoms with Gasteiger partial charge in [-0.3, -0.25) is 0 Å². The lowest BCUT2D eigenvalue weighted by atomic mass is 10.2. The molecule has 0 bridgehead atoms. The summed E-state index contributed by atoms with van der Waals surface area (Å²) in [6, 6.07) is 14.7. The molecule has 1 unspecified atom stereocenters. The number of nitrogens with zero attached hydrogens (tertiary/aromatic N) is 2. The van der Waals surface area contributed by atoms with Gasteiger partial charge in [0.15, 0.2) is 9.84 Å². The summed E-state index contributed by atoms with van der Waals surface area (Å²) >= 11 is 0. The number of rotatable bonds is 5. The van der Waals surface area contributed by atoms with Crippen LogP contribution in [0.1, 0.15) is 5.56 Å². The van der Waals surface area contributed by atoms with Gasteiger partial charge in [-0.15, -0.1) is 5.10 Å². The summed E-state index contributed by atoms with van der Waals surface area (Å²) in [6.07, 6.45) is 0. The van der Waals surface area contributed by atoms with Gasteiger partial charge in [0.2, 0.25) is 0 Å². The first-order valence-corrected chi connectivity index (χ1v) is 10.2.